The highest BCUT2D eigenvalue weighted by Gasteiger charge is 2.43. The van der Waals surface area contributed by atoms with Gasteiger partial charge in [-0.1, -0.05) is 12.1 Å². The highest BCUT2D eigenvalue weighted by atomic mass is 19.1. The van der Waals surface area contributed by atoms with Crippen LogP contribution in [0.5, 0.6) is 0 Å². The Kier molecular flexibility index (Phi) is 4.45. The number of carbonyl (C=O) groups is 2. The van der Waals surface area contributed by atoms with Gasteiger partial charge in [-0.25, -0.2) is 14.0 Å². The summed E-state index contributed by atoms with van der Waals surface area (Å²) >= 11 is 0. The van der Waals surface area contributed by atoms with E-state index in [1.807, 2.05) is 0 Å². The summed E-state index contributed by atoms with van der Waals surface area (Å²) < 4.78 is 13.1. The molecule has 0 aromatic heterocycles. The molecule has 2 rings (SSSR count). The fourth-order valence-corrected chi connectivity index (χ4v) is 2.59. The highest BCUT2D eigenvalue weighted by molar-refractivity contribution is 5.86. The Morgan fingerprint density at radius 2 is 2.19 bits per heavy atom. The maximum Gasteiger partial charge on any atom is 0.329 e. The quantitative estimate of drug-likeness (QED) is 0.899. The summed E-state index contributed by atoms with van der Waals surface area (Å²) in [5.41, 5.74) is -0.540. The van der Waals surface area contributed by atoms with Crippen molar-refractivity contribution in [2.45, 2.75) is 38.3 Å². The molecular formula is C15H19FN2O3. The van der Waals surface area contributed by atoms with Gasteiger partial charge in [0, 0.05) is 13.1 Å². The first-order chi connectivity index (χ1) is 9.93. The van der Waals surface area contributed by atoms with Gasteiger partial charge in [0.25, 0.3) is 0 Å². The van der Waals surface area contributed by atoms with Gasteiger partial charge in [-0.3, -0.25) is 0 Å². The van der Waals surface area contributed by atoms with Gasteiger partial charge in [-0.05, 0) is 43.9 Å². The molecule has 1 unspecified atom stereocenters. The van der Waals surface area contributed by atoms with Crippen LogP contribution in [0.3, 0.4) is 0 Å². The molecule has 0 saturated carbocycles. The molecule has 1 aliphatic heterocycles. The van der Waals surface area contributed by atoms with E-state index in [0.717, 1.165) is 12.8 Å². The van der Waals surface area contributed by atoms with Crippen molar-refractivity contribution < 1.29 is 19.1 Å². The molecule has 1 aromatic carbocycles. The van der Waals surface area contributed by atoms with Gasteiger partial charge in [0.05, 0.1) is 0 Å². The summed E-state index contributed by atoms with van der Waals surface area (Å²) in [5.74, 6) is -1.36. The van der Waals surface area contributed by atoms with Crippen LogP contribution in [0.25, 0.3) is 0 Å². The molecule has 1 aromatic rings. The molecule has 1 heterocycles. The van der Waals surface area contributed by atoms with Crippen molar-refractivity contribution in [1.82, 2.24) is 10.2 Å². The number of nitrogens with zero attached hydrogens (tertiary/aromatic N) is 1. The molecule has 0 radical (unpaired) electrons. The van der Waals surface area contributed by atoms with Crippen LogP contribution < -0.4 is 5.32 Å². The molecular weight excluding hydrogens is 275 g/mol. The normalized spacial score (nSPS) is 21.9. The van der Waals surface area contributed by atoms with Crippen LogP contribution in [0.4, 0.5) is 9.18 Å². The molecule has 1 saturated heterocycles. The van der Waals surface area contributed by atoms with E-state index in [1.165, 1.54) is 17.0 Å². The number of carbonyl (C=O) groups excluding carboxylic acids is 1. The summed E-state index contributed by atoms with van der Waals surface area (Å²) in [5, 5.41) is 12.0. The van der Waals surface area contributed by atoms with Crippen molar-refractivity contribution in [3.8, 4) is 0 Å². The smallest absolute Gasteiger partial charge is 0.329 e. The summed E-state index contributed by atoms with van der Waals surface area (Å²) in [6.07, 6.45) is 2.02. The first kappa shape index (κ1) is 15.3. The molecule has 114 valence electrons. The molecule has 21 heavy (non-hydrogen) atoms. The standard InChI is InChI=1S/C15H19FN2O3/c1-15(13(19)20)7-2-3-8-18(15)14(21)17-10-11-5-4-6-12(16)9-11/h4-6,9H,2-3,7-8,10H2,1H3,(H,17,21)(H,19,20). The van der Waals surface area contributed by atoms with E-state index in [0.29, 0.717) is 18.5 Å². The summed E-state index contributed by atoms with van der Waals surface area (Å²) in [6, 6.07) is 5.52. The lowest BCUT2D eigenvalue weighted by Crippen LogP contribution is -2.59. The number of likely N-dealkylation sites (tertiary alicyclic amines) is 1. The molecule has 0 bridgehead atoms. The number of halogens is 1. The number of benzene rings is 1. The monoisotopic (exact) mass is 294 g/mol. The number of hydrogen-bond donors (Lipinski definition) is 2. The van der Waals surface area contributed by atoms with Crippen molar-refractivity contribution in [2.24, 2.45) is 0 Å². The molecule has 1 fully saturated rings. The lowest BCUT2D eigenvalue weighted by atomic mass is 9.89. The number of piperidine rings is 1. The number of urea groups is 1. The first-order valence-corrected chi connectivity index (χ1v) is 6.97. The maximum atomic E-state index is 13.1. The van der Waals surface area contributed by atoms with Gasteiger partial charge in [0.15, 0.2) is 0 Å². The topological polar surface area (TPSA) is 69.6 Å². The minimum atomic E-state index is -1.18. The second-order valence-electron chi connectivity index (χ2n) is 5.48. The lowest BCUT2D eigenvalue weighted by Gasteiger charge is -2.41. The van der Waals surface area contributed by atoms with Crippen molar-refractivity contribution >= 4 is 12.0 Å². The van der Waals surface area contributed by atoms with Crippen molar-refractivity contribution in [1.29, 1.82) is 0 Å². The van der Waals surface area contributed by atoms with Gasteiger partial charge in [-0.15, -0.1) is 0 Å². The minimum absolute atomic E-state index is 0.169. The number of aliphatic carboxylic acids is 1. The number of amides is 2. The minimum Gasteiger partial charge on any atom is -0.480 e. The zero-order valence-electron chi connectivity index (χ0n) is 11.9. The number of nitrogens with one attached hydrogen (secondary N) is 1. The molecule has 6 heteroatoms. The first-order valence-electron chi connectivity index (χ1n) is 6.97. The van der Waals surface area contributed by atoms with Crippen molar-refractivity contribution in [2.75, 3.05) is 6.54 Å². The predicted molar refractivity (Wildman–Crippen MR) is 75.2 cm³/mol. The number of rotatable bonds is 3. The third-order valence-corrected chi connectivity index (χ3v) is 3.93. The molecule has 2 amide bonds. The summed E-state index contributed by atoms with van der Waals surface area (Å²) in [4.78, 5) is 25.0. The molecule has 0 spiro atoms. The highest BCUT2D eigenvalue weighted by Crippen LogP contribution is 2.28. The Morgan fingerprint density at radius 1 is 1.43 bits per heavy atom. The van der Waals surface area contributed by atoms with Gasteiger partial charge in [0.2, 0.25) is 0 Å². The van der Waals surface area contributed by atoms with Crippen LogP contribution in [0.2, 0.25) is 0 Å². The molecule has 0 aliphatic carbocycles. The van der Waals surface area contributed by atoms with Crippen LogP contribution in [0, 0.1) is 5.82 Å². The summed E-state index contributed by atoms with van der Waals surface area (Å²) in [7, 11) is 0. The largest absolute Gasteiger partial charge is 0.480 e. The SMILES string of the molecule is CC1(C(=O)O)CCCCN1C(=O)NCc1cccc(F)c1. The molecule has 1 aliphatic rings. The molecule has 2 N–H and O–H groups in total. The second-order valence-corrected chi connectivity index (χ2v) is 5.48. The van der Waals surface area contributed by atoms with Crippen LogP contribution in [0.1, 0.15) is 31.7 Å². The maximum absolute atomic E-state index is 13.1. The Hall–Kier alpha value is -2.11. The fourth-order valence-electron chi connectivity index (χ4n) is 2.59. The van der Waals surface area contributed by atoms with E-state index in [1.54, 1.807) is 19.1 Å². The van der Waals surface area contributed by atoms with E-state index in [4.69, 9.17) is 0 Å². The van der Waals surface area contributed by atoms with Crippen LogP contribution in [-0.4, -0.2) is 34.1 Å². The van der Waals surface area contributed by atoms with Gasteiger partial charge >= 0.3 is 12.0 Å². The lowest BCUT2D eigenvalue weighted by molar-refractivity contribution is -0.150. The third-order valence-electron chi connectivity index (χ3n) is 3.93. The Morgan fingerprint density at radius 3 is 2.86 bits per heavy atom. The van der Waals surface area contributed by atoms with Gasteiger partial charge in [-0.2, -0.15) is 0 Å². The Labute approximate surface area is 122 Å². The number of hydrogen-bond acceptors (Lipinski definition) is 2. The zero-order valence-corrected chi connectivity index (χ0v) is 11.9. The number of carboxylic acids is 1. The van der Waals surface area contributed by atoms with Crippen LogP contribution in [0.15, 0.2) is 24.3 Å². The van der Waals surface area contributed by atoms with E-state index in [9.17, 15) is 19.1 Å². The van der Waals surface area contributed by atoms with Crippen molar-refractivity contribution in [3.63, 3.8) is 0 Å². The average Bonchev–Trinajstić information content (AvgIpc) is 2.45. The van der Waals surface area contributed by atoms with E-state index >= 15 is 0 Å². The van der Waals surface area contributed by atoms with E-state index < -0.39 is 17.5 Å². The third kappa shape index (κ3) is 3.32. The molecule has 1 atom stereocenters. The zero-order chi connectivity index (χ0) is 15.5. The molecule has 5 nitrogen and oxygen atoms in total. The van der Waals surface area contributed by atoms with Gasteiger partial charge in [0.1, 0.15) is 11.4 Å². The Bertz CT molecular complexity index is 549. The van der Waals surface area contributed by atoms with E-state index in [-0.39, 0.29) is 12.4 Å². The van der Waals surface area contributed by atoms with Gasteiger partial charge < -0.3 is 15.3 Å². The number of carboxylic acid groups (broad SMARTS) is 1. The van der Waals surface area contributed by atoms with Crippen LogP contribution in [-0.2, 0) is 11.3 Å². The fraction of sp³-hybridized carbons (Fsp3) is 0.467. The van der Waals surface area contributed by atoms with E-state index in [2.05, 4.69) is 5.32 Å². The average molecular weight is 294 g/mol. The van der Waals surface area contributed by atoms with Crippen LogP contribution >= 0.6 is 0 Å². The summed E-state index contributed by atoms with van der Waals surface area (Å²) in [6.45, 7) is 2.15. The Balaban J connectivity index is 2.03. The van der Waals surface area contributed by atoms with Crippen molar-refractivity contribution in [3.05, 3.63) is 35.6 Å². The predicted octanol–water partition coefficient (Wildman–Crippen LogP) is 2.36. The second kappa shape index (κ2) is 6.11.